The maximum atomic E-state index is 11.8. The van der Waals surface area contributed by atoms with Crippen molar-refractivity contribution in [1.82, 2.24) is 15.6 Å². The maximum absolute atomic E-state index is 11.8. The second kappa shape index (κ2) is 8.74. The van der Waals surface area contributed by atoms with Gasteiger partial charge >= 0.3 is 0 Å². The Bertz CT molecular complexity index is 394. The van der Waals surface area contributed by atoms with E-state index in [4.69, 9.17) is 0 Å². The van der Waals surface area contributed by atoms with E-state index in [1.54, 1.807) is 11.3 Å². The lowest BCUT2D eigenvalue weighted by molar-refractivity contribution is 0.0937. The van der Waals surface area contributed by atoms with Crippen LogP contribution in [0, 0.1) is 11.8 Å². The van der Waals surface area contributed by atoms with E-state index in [9.17, 15) is 4.79 Å². The minimum Gasteiger partial charge on any atom is -0.350 e. The molecule has 0 atom stereocenters. The lowest BCUT2D eigenvalue weighted by Gasteiger charge is -2.26. The topological polar surface area (TPSA) is 54.0 Å². The van der Waals surface area contributed by atoms with Gasteiger partial charge in [-0.05, 0) is 5.92 Å². The molecule has 0 aliphatic carbocycles. The molecule has 1 aliphatic rings. The van der Waals surface area contributed by atoms with Crippen molar-refractivity contribution < 1.29 is 4.79 Å². The van der Waals surface area contributed by atoms with Gasteiger partial charge in [-0.1, -0.05) is 13.8 Å². The van der Waals surface area contributed by atoms with Crippen molar-refractivity contribution in [3.63, 3.8) is 0 Å². The summed E-state index contributed by atoms with van der Waals surface area (Å²) in [4.78, 5) is 16.2. The predicted octanol–water partition coefficient (Wildman–Crippen LogP) is 2.13. The first kappa shape index (κ1) is 18.6. The van der Waals surface area contributed by atoms with E-state index in [0.717, 1.165) is 31.1 Å². The molecule has 1 aromatic rings. The monoisotopic (exact) mass is 325 g/mol. The molecule has 110 valence electrons. The van der Waals surface area contributed by atoms with Crippen LogP contribution in [0.1, 0.15) is 29.3 Å². The molecule has 19 heavy (non-hydrogen) atoms. The number of nitrogens with one attached hydrogen (secondary N) is 2. The molecule has 1 fully saturated rings. The van der Waals surface area contributed by atoms with E-state index >= 15 is 0 Å². The van der Waals surface area contributed by atoms with E-state index in [0.29, 0.717) is 17.5 Å². The molecule has 1 aliphatic heterocycles. The summed E-state index contributed by atoms with van der Waals surface area (Å²) >= 11 is 1.58. The number of hydrogen-bond acceptors (Lipinski definition) is 4. The number of hydrogen-bond donors (Lipinski definition) is 2. The number of halogens is 2. The van der Waals surface area contributed by atoms with Gasteiger partial charge in [0.1, 0.15) is 5.69 Å². The molecule has 0 spiro atoms. The van der Waals surface area contributed by atoms with Crippen LogP contribution in [-0.2, 0) is 6.42 Å². The molecule has 2 heterocycles. The van der Waals surface area contributed by atoms with Gasteiger partial charge < -0.3 is 10.6 Å². The molecule has 0 unspecified atom stereocenters. The van der Waals surface area contributed by atoms with E-state index in [1.165, 1.54) is 0 Å². The summed E-state index contributed by atoms with van der Waals surface area (Å²) in [6.45, 7) is 7.09. The molecule has 1 saturated heterocycles. The average Bonchev–Trinajstić information content (AvgIpc) is 2.62. The third-order valence-corrected chi connectivity index (χ3v) is 3.66. The molecule has 4 nitrogen and oxygen atoms in total. The minimum atomic E-state index is -0.0387. The van der Waals surface area contributed by atoms with Gasteiger partial charge in [0.25, 0.3) is 5.91 Å². The highest BCUT2D eigenvalue weighted by Crippen LogP contribution is 2.14. The summed E-state index contributed by atoms with van der Waals surface area (Å²) in [5.41, 5.74) is 0.568. The Balaban J connectivity index is 0.00000162. The zero-order chi connectivity index (χ0) is 12.3. The Kier molecular flexibility index (Phi) is 8.57. The highest BCUT2D eigenvalue weighted by Gasteiger charge is 2.18. The van der Waals surface area contributed by atoms with Crippen molar-refractivity contribution in [3.8, 4) is 0 Å². The largest absolute Gasteiger partial charge is 0.350 e. The number of aromatic nitrogens is 1. The quantitative estimate of drug-likeness (QED) is 0.872. The van der Waals surface area contributed by atoms with E-state index in [-0.39, 0.29) is 30.7 Å². The summed E-state index contributed by atoms with van der Waals surface area (Å²) in [5, 5.41) is 9.02. The van der Waals surface area contributed by atoms with Gasteiger partial charge in [-0.2, -0.15) is 0 Å². The Hall–Kier alpha value is -0.360. The van der Waals surface area contributed by atoms with Crippen LogP contribution in [-0.4, -0.2) is 30.5 Å². The summed E-state index contributed by atoms with van der Waals surface area (Å²) in [7, 11) is 0. The minimum absolute atomic E-state index is 0. The van der Waals surface area contributed by atoms with Crippen LogP contribution < -0.4 is 10.6 Å². The number of thiazole rings is 1. The van der Waals surface area contributed by atoms with Gasteiger partial charge in [0.05, 0.1) is 5.01 Å². The molecule has 2 N–H and O–H groups in total. The molecule has 0 radical (unpaired) electrons. The number of carbonyl (C=O) groups excluding carboxylic acids is 1. The molecular formula is C12H21Cl2N3OS. The number of amides is 1. The molecular weight excluding hydrogens is 305 g/mol. The lowest BCUT2D eigenvalue weighted by Crippen LogP contribution is -2.48. The van der Waals surface area contributed by atoms with Crippen LogP contribution in [0.3, 0.4) is 0 Å². The van der Waals surface area contributed by atoms with Gasteiger partial charge in [-0.3, -0.25) is 4.79 Å². The van der Waals surface area contributed by atoms with Gasteiger partial charge in [-0.15, -0.1) is 36.2 Å². The lowest BCUT2D eigenvalue weighted by atomic mass is 10.0. The first-order valence-corrected chi connectivity index (χ1v) is 6.96. The Labute approximate surface area is 130 Å². The molecule has 7 heteroatoms. The highest BCUT2D eigenvalue weighted by atomic mass is 35.5. The van der Waals surface area contributed by atoms with Crippen LogP contribution in [0.25, 0.3) is 0 Å². The Morgan fingerprint density at radius 2 is 2.21 bits per heavy atom. The van der Waals surface area contributed by atoms with Gasteiger partial charge in [0.2, 0.25) is 0 Å². The molecule has 1 amide bonds. The fourth-order valence-corrected chi connectivity index (χ4v) is 2.67. The second-order valence-corrected chi connectivity index (χ2v) is 5.90. The average molecular weight is 326 g/mol. The third-order valence-electron chi connectivity index (χ3n) is 2.78. The SMILES string of the molecule is CC(C)Cc1nc(C(=O)NCC2CNC2)cs1.Cl.Cl. The zero-order valence-electron chi connectivity index (χ0n) is 11.1. The van der Waals surface area contributed by atoms with Crippen molar-refractivity contribution in [3.05, 3.63) is 16.1 Å². The van der Waals surface area contributed by atoms with Crippen LogP contribution >= 0.6 is 36.2 Å². The summed E-state index contributed by atoms with van der Waals surface area (Å²) < 4.78 is 0. The van der Waals surface area contributed by atoms with Gasteiger partial charge in [0.15, 0.2) is 0 Å². The van der Waals surface area contributed by atoms with Crippen LogP contribution in [0.2, 0.25) is 0 Å². The fraction of sp³-hybridized carbons (Fsp3) is 0.667. The first-order chi connectivity index (χ1) is 8.15. The number of rotatable bonds is 5. The Morgan fingerprint density at radius 3 is 2.74 bits per heavy atom. The third kappa shape index (κ3) is 5.65. The van der Waals surface area contributed by atoms with Crippen molar-refractivity contribution in [2.75, 3.05) is 19.6 Å². The van der Waals surface area contributed by atoms with Crippen LogP contribution in [0.4, 0.5) is 0 Å². The maximum Gasteiger partial charge on any atom is 0.270 e. The van der Waals surface area contributed by atoms with Crippen LogP contribution in [0.15, 0.2) is 5.38 Å². The van der Waals surface area contributed by atoms with Crippen LogP contribution in [0.5, 0.6) is 0 Å². The van der Waals surface area contributed by atoms with E-state index in [1.807, 2.05) is 5.38 Å². The highest BCUT2D eigenvalue weighted by molar-refractivity contribution is 7.09. The summed E-state index contributed by atoms with van der Waals surface area (Å²) in [5.74, 6) is 1.13. The normalized spacial score (nSPS) is 14.3. The van der Waals surface area contributed by atoms with Crippen molar-refractivity contribution in [2.24, 2.45) is 11.8 Å². The first-order valence-electron chi connectivity index (χ1n) is 6.08. The number of nitrogens with zero attached hydrogens (tertiary/aromatic N) is 1. The van der Waals surface area contributed by atoms with E-state index < -0.39 is 0 Å². The van der Waals surface area contributed by atoms with Crippen molar-refractivity contribution in [1.29, 1.82) is 0 Å². The zero-order valence-corrected chi connectivity index (χ0v) is 13.6. The summed E-state index contributed by atoms with van der Waals surface area (Å²) in [6, 6.07) is 0. The molecule has 0 saturated carbocycles. The predicted molar refractivity (Wildman–Crippen MR) is 83.8 cm³/mol. The smallest absolute Gasteiger partial charge is 0.270 e. The second-order valence-electron chi connectivity index (χ2n) is 4.96. The fourth-order valence-electron chi connectivity index (χ4n) is 1.68. The van der Waals surface area contributed by atoms with Crippen molar-refractivity contribution in [2.45, 2.75) is 20.3 Å². The molecule has 0 bridgehead atoms. The van der Waals surface area contributed by atoms with E-state index in [2.05, 4.69) is 29.5 Å². The van der Waals surface area contributed by atoms with Crippen molar-refractivity contribution >= 4 is 42.1 Å². The molecule has 2 rings (SSSR count). The van der Waals surface area contributed by atoms with Gasteiger partial charge in [-0.25, -0.2) is 4.98 Å². The molecule has 0 aromatic carbocycles. The summed E-state index contributed by atoms with van der Waals surface area (Å²) in [6.07, 6.45) is 0.949. The number of carbonyl (C=O) groups is 1. The standard InChI is InChI=1S/C12H19N3OS.2ClH/c1-8(2)3-11-15-10(7-17-11)12(16)14-6-9-4-13-5-9;;/h7-9,13H,3-6H2,1-2H3,(H,14,16);2*1H. The molecule has 1 aromatic heterocycles. The van der Waals surface area contributed by atoms with Gasteiger partial charge in [0, 0.05) is 37.4 Å². The Morgan fingerprint density at radius 1 is 1.53 bits per heavy atom.